The Bertz CT molecular complexity index is 377. The van der Waals surface area contributed by atoms with Crippen LogP contribution in [0.2, 0.25) is 0 Å². The van der Waals surface area contributed by atoms with Gasteiger partial charge in [-0.1, -0.05) is 31.5 Å². The van der Waals surface area contributed by atoms with Crippen LogP contribution in [0.1, 0.15) is 44.4 Å². The Morgan fingerprint density at radius 1 is 1.26 bits per heavy atom. The minimum absolute atomic E-state index is 0.157. The lowest BCUT2D eigenvalue weighted by molar-refractivity contribution is 0.107. The van der Waals surface area contributed by atoms with Crippen LogP contribution in [0, 0.1) is 12.8 Å². The minimum atomic E-state index is 0.157. The van der Waals surface area contributed by atoms with Crippen LogP contribution in [-0.4, -0.2) is 24.9 Å². The molecule has 1 aromatic carbocycles. The van der Waals surface area contributed by atoms with Gasteiger partial charge in [0.2, 0.25) is 0 Å². The molecule has 1 aromatic rings. The number of aryl methyl sites for hydroxylation is 1. The van der Waals surface area contributed by atoms with Crippen LogP contribution in [0.25, 0.3) is 0 Å². The smallest absolute Gasteiger partial charge is 0.120 e. The summed E-state index contributed by atoms with van der Waals surface area (Å²) in [5, 5.41) is 13.3. The largest absolute Gasteiger partial charge is 0.508 e. The third-order valence-electron chi connectivity index (χ3n) is 3.02. The maximum absolute atomic E-state index is 9.84. The topological polar surface area (TPSA) is 41.5 Å². The molecule has 0 aromatic heterocycles. The summed E-state index contributed by atoms with van der Waals surface area (Å²) in [7, 11) is 0. The van der Waals surface area contributed by atoms with Gasteiger partial charge in [0.1, 0.15) is 5.75 Å². The Morgan fingerprint density at radius 3 is 2.68 bits per heavy atom. The Balaban J connectivity index is 2.27. The van der Waals surface area contributed by atoms with E-state index >= 15 is 0 Å². The maximum Gasteiger partial charge on any atom is 0.120 e. The highest BCUT2D eigenvalue weighted by molar-refractivity contribution is 5.37. The fraction of sp³-hybridized carbons (Fsp3) is 0.625. The molecule has 1 atom stereocenters. The van der Waals surface area contributed by atoms with Crippen molar-refractivity contribution in [3.05, 3.63) is 29.3 Å². The lowest BCUT2D eigenvalue weighted by Crippen LogP contribution is -2.21. The molecule has 0 spiro atoms. The summed E-state index contributed by atoms with van der Waals surface area (Å²) in [6, 6.07) is 5.87. The zero-order valence-corrected chi connectivity index (χ0v) is 12.6. The lowest BCUT2D eigenvalue weighted by Gasteiger charge is -2.16. The van der Waals surface area contributed by atoms with Crippen molar-refractivity contribution in [2.45, 2.75) is 40.2 Å². The van der Waals surface area contributed by atoms with Crippen molar-refractivity contribution in [1.29, 1.82) is 0 Å². The summed E-state index contributed by atoms with van der Waals surface area (Å²) >= 11 is 0. The molecule has 108 valence electrons. The third-order valence-corrected chi connectivity index (χ3v) is 3.02. The highest BCUT2D eigenvalue weighted by atomic mass is 16.5. The van der Waals surface area contributed by atoms with Crippen molar-refractivity contribution in [1.82, 2.24) is 5.32 Å². The predicted octanol–water partition coefficient (Wildman–Crippen LogP) is 3.41. The van der Waals surface area contributed by atoms with Crippen LogP contribution < -0.4 is 5.32 Å². The van der Waals surface area contributed by atoms with Gasteiger partial charge >= 0.3 is 0 Å². The van der Waals surface area contributed by atoms with Gasteiger partial charge in [0.25, 0.3) is 0 Å². The van der Waals surface area contributed by atoms with Gasteiger partial charge in [-0.3, -0.25) is 0 Å². The first-order chi connectivity index (χ1) is 9.00. The van der Waals surface area contributed by atoms with Crippen LogP contribution >= 0.6 is 0 Å². The standard InChI is InChI=1S/C16H27NO2/c1-12(2)11-19-9-5-8-17-14(4)15-10-13(3)6-7-16(15)18/h6-7,10,12,14,17-18H,5,8-9,11H2,1-4H3. The van der Waals surface area contributed by atoms with Crippen LogP contribution in [0.4, 0.5) is 0 Å². The average molecular weight is 265 g/mol. The molecule has 0 fully saturated rings. The fourth-order valence-electron chi connectivity index (χ4n) is 1.94. The normalized spacial score (nSPS) is 12.9. The zero-order valence-electron chi connectivity index (χ0n) is 12.6. The number of nitrogens with one attached hydrogen (secondary N) is 1. The average Bonchev–Trinajstić information content (AvgIpc) is 2.36. The van der Waals surface area contributed by atoms with E-state index in [2.05, 4.69) is 26.1 Å². The van der Waals surface area contributed by atoms with E-state index in [1.807, 2.05) is 19.1 Å². The second-order valence-electron chi connectivity index (χ2n) is 5.56. The predicted molar refractivity (Wildman–Crippen MR) is 79.5 cm³/mol. The number of rotatable bonds is 8. The van der Waals surface area contributed by atoms with Gasteiger partial charge in [-0.25, -0.2) is 0 Å². The SMILES string of the molecule is Cc1ccc(O)c(C(C)NCCCOCC(C)C)c1. The highest BCUT2D eigenvalue weighted by Gasteiger charge is 2.09. The van der Waals surface area contributed by atoms with Gasteiger partial charge in [0.15, 0.2) is 0 Å². The van der Waals surface area contributed by atoms with E-state index in [1.165, 1.54) is 5.56 Å². The first kappa shape index (κ1) is 16.0. The summed E-state index contributed by atoms with van der Waals surface area (Å²) in [6.07, 6.45) is 0.990. The van der Waals surface area contributed by atoms with E-state index in [0.717, 1.165) is 31.7 Å². The van der Waals surface area contributed by atoms with Gasteiger partial charge < -0.3 is 15.2 Å². The molecule has 0 saturated carbocycles. The van der Waals surface area contributed by atoms with E-state index in [9.17, 15) is 5.11 Å². The Morgan fingerprint density at radius 2 is 2.00 bits per heavy atom. The summed E-state index contributed by atoms with van der Waals surface area (Å²) in [6.45, 7) is 10.9. The van der Waals surface area contributed by atoms with Crippen LogP contribution in [0.15, 0.2) is 18.2 Å². The molecular weight excluding hydrogens is 238 g/mol. The lowest BCUT2D eigenvalue weighted by atomic mass is 10.0. The van der Waals surface area contributed by atoms with Crippen molar-refractivity contribution in [2.24, 2.45) is 5.92 Å². The second kappa shape index (κ2) is 8.18. The molecule has 19 heavy (non-hydrogen) atoms. The quantitative estimate of drug-likeness (QED) is 0.708. The Hall–Kier alpha value is -1.06. The van der Waals surface area contributed by atoms with Crippen molar-refractivity contribution in [2.75, 3.05) is 19.8 Å². The minimum Gasteiger partial charge on any atom is -0.508 e. The van der Waals surface area contributed by atoms with Gasteiger partial charge in [-0.05, 0) is 38.8 Å². The molecule has 0 aliphatic heterocycles. The Labute approximate surface area is 117 Å². The number of phenols is 1. The van der Waals surface area contributed by atoms with Crippen LogP contribution in [-0.2, 0) is 4.74 Å². The molecule has 1 unspecified atom stereocenters. The second-order valence-corrected chi connectivity index (χ2v) is 5.56. The van der Waals surface area contributed by atoms with Gasteiger partial charge in [0, 0.05) is 24.8 Å². The maximum atomic E-state index is 9.84. The summed E-state index contributed by atoms with van der Waals surface area (Å²) in [5.41, 5.74) is 2.13. The molecule has 0 aliphatic rings. The van der Waals surface area contributed by atoms with Crippen molar-refractivity contribution in [3.63, 3.8) is 0 Å². The zero-order chi connectivity index (χ0) is 14.3. The molecule has 0 bridgehead atoms. The van der Waals surface area contributed by atoms with E-state index in [-0.39, 0.29) is 6.04 Å². The van der Waals surface area contributed by atoms with Crippen molar-refractivity contribution < 1.29 is 9.84 Å². The summed E-state index contributed by atoms with van der Waals surface area (Å²) in [5.74, 6) is 0.956. The monoisotopic (exact) mass is 265 g/mol. The van der Waals surface area contributed by atoms with E-state index in [0.29, 0.717) is 11.7 Å². The molecule has 0 saturated heterocycles. The molecular formula is C16H27NO2. The highest BCUT2D eigenvalue weighted by Crippen LogP contribution is 2.24. The third kappa shape index (κ3) is 6.08. The molecule has 0 amide bonds. The molecule has 0 radical (unpaired) electrons. The van der Waals surface area contributed by atoms with Crippen LogP contribution in [0.3, 0.4) is 0 Å². The van der Waals surface area contributed by atoms with Gasteiger partial charge in [-0.2, -0.15) is 0 Å². The number of hydrogen-bond donors (Lipinski definition) is 2. The number of aromatic hydroxyl groups is 1. The molecule has 1 rings (SSSR count). The molecule has 0 heterocycles. The van der Waals surface area contributed by atoms with Crippen LogP contribution in [0.5, 0.6) is 5.75 Å². The van der Waals surface area contributed by atoms with E-state index < -0.39 is 0 Å². The van der Waals surface area contributed by atoms with Crippen molar-refractivity contribution in [3.8, 4) is 5.75 Å². The van der Waals surface area contributed by atoms with E-state index in [1.54, 1.807) is 6.07 Å². The summed E-state index contributed by atoms with van der Waals surface area (Å²) in [4.78, 5) is 0. The van der Waals surface area contributed by atoms with Gasteiger partial charge in [0.05, 0.1) is 0 Å². The molecule has 3 nitrogen and oxygen atoms in total. The number of ether oxygens (including phenoxy) is 1. The first-order valence-corrected chi connectivity index (χ1v) is 7.11. The summed E-state index contributed by atoms with van der Waals surface area (Å²) < 4.78 is 5.54. The number of hydrogen-bond acceptors (Lipinski definition) is 3. The Kier molecular flexibility index (Phi) is 6.89. The van der Waals surface area contributed by atoms with Crippen molar-refractivity contribution >= 4 is 0 Å². The molecule has 0 aliphatic carbocycles. The van der Waals surface area contributed by atoms with E-state index in [4.69, 9.17) is 4.74 Å². The molecule has 3 heteroatoms. The number of benzene rings is 1. The number of phenolic OH excluding ortho intramolecular Hbond substituents is 1. The molecule has 2 N–H and O–H groups in total. The van der Waals surface area contributed by atoms with Gasteiger partial charge in [-0.15, -0.1) is 0 Å². The fourth-order valence-corrected chi connectivity index (χ4v) is 1.94. The first-order valence-electron chi connectivity index (χ1n) is 7.11.